The molecule has 20 heteroatoms. The number of ether oxygens (including phenoxy) is 2. The number of benzene rings is 2. The molecule has 0 aliphatic carbocycles. The number of nitrogens with zero attached hydrogens (tertiary/aromatic N) is 3. The number of amides is 4. The van der Waals surface area contributed by atoms with E-state index in [0.717, 1.165) is 26.7 Å². The molecule has 15 nitrogen and oxygen atoms in total. The van der Waals surface area contributed by atoms with Crippen LogP contribution in [-0.4, -0.2) is 70.5 Å². The molecule has 4 aromatic rings. The molecular formula is C41H55N6Na2O9PS2. The van der Waals surface area contributed by atoms with Crippen LogP contribution in [0.5, 0.6) is 0 Å². The predicted octanol–water partition coefficient (Wildman–Crippen LogP) is -0.235. The maximum absolute atomic E-state index is 14.3. The number of phosphoric ester groups is 1. The molecule has 5 atom stereocenters. The number of carbonyl (C=O) groups excluding carboxylic acids is 3. The molecule has 0 radical (unpaired) electrons. The van der Waals surface area contributed by atoms with Gasteiger partial charge in [0.1, 0.15) is 12.6 Å². The molecule has 0 saturated carbocycles. The summed E-state index contributed by atoms with van der Waals surface area (Å²) < 4.78 is 28.8. The number of carbonyl (C=O) groups is 3. The fourth-order valence-corrected chi connectivity index (χ4v) is 8.00. The van der Waals surface area contributed by atoms with Crippen molar-refractivity contribution in [3.8, 4) is 0 Å². The van der Waals surface area contributed by atoms with Gasteiger partial charge in [0, 0.05) is 36.5 Å². The standard InChI is InChI=1S/C41H57N6O9PS2.2Na/c1-26(2)36(46-40(49)47(7)22-32-24-58-38(44-32)27(3)4)37(48)43-31(18-29-14-10-8-11-15-29)20-35(55-39(28(5)6)56-57(51,52)53)34(19-30-16-12-9-13-17-30)45-41(50)54-23-33-21-42-25-59-33;;/h8-17,21,24-28,31,34-36,39H,18-20,22-23H2,1-7H3,(H,43,48)(H,45,50)(H,46,49)(H2,51,52,53);;/q;2*+1/p-2/t31-,34-,35-,36-,39?;;/m0../s1. The van der Waals surface area contributed by atoms with Crippen LogP contribution in [0.4, 0.5) is 9.59 Å². The summed E-state index contributed by atoms with van der Waals surface area (Å²) in [6.45, 7) is 11.2. The average Bonchev–Trinajstić information content (AvgIpc) is 3.88. The second-order valence-electron chi connectivity index (χ2n) is 15.3. The van der Waals surface area contributed by atoms with Gasteiger partial charge in [-0.15, -0.1) is 22.7 Å². The molecule has 3 N–H and O–H groups in total. The van der Waals surface area contributed by atoms with Crippen molar-refractivity contribution in [2.45, 2.75) is 110 Å². The SMILES string of the molecule is CC(C)c1nc(CN(C)C(=O)N[C@H](C(=O)N[C@@H](Cc2ccccc2)C[C@H](OC(OP(=O)([O-])[O-])C(C)C)[C@H](Cc2ccccc2)NC(=O)OCc2cncs2)C(C)C)cs1.[Na+].[Na+]. The summed E-state index contributed by atoms with van der Waals surface area (Å²) in [5, 5.41) is 11.8. The average molecular weight is 917 g/mol. The zero-order valence-electron chi connectivity index (χ0n) is 36.4. The van der Waals surface area contributed by atoms with Gasteiger partial charge < -0.3 is 49.2 Å². The monoisotopic (exact) mass is 916 g/mol. The van der Waals surface area contributed by atoms with Crippen LogP contribution in [0.15, 0.2) is 77.8 Å². The van der Waals surface area contributed by atoms with E-state index in [1.54, 1.807) is 32.6 Å². The molecule has 2 aromatic heterocycles. The van der Waals surface area contributed by atoms with Crippen LogP contribution in [0.25, 0.3) is 0 Å². The third-order valence-electron chi connectivity index (χ3n) is 9.19. The first-order valence-electron chi connectivity index (χ1n) is 19.5. The van der Waals surface area contributed by atoms with Gasteiger partial charge in [0.05, 0.1) is 47.6 Å². The molecule has 1 unspecified atom stereocenters. The number of phosphoric acid groups is 1. The predicted molar refractivity (Wildman–Crippen MR) is 223 cm³/mol. The normalized spacial score (nSPS) is 13.9. The fraction of sp³-hybridized carbons (Fsp3) is 0.488. The van der Waals surface area contributed by atoms with E-state index in [0.29, 0.717) is 0 Å². The van der Waals surface area contributed by atoms with Gasteiger partial charge in [-0.1, -0.05) is 102 Å². The summed E-state index contributed by atoms with van der Waals surface area (Å²) >= 11 is 2.85. The zero-order chi connectivity index (χ0) is 43.1. The van der Waals surface area contributed by atoms with Crippen molar-refractivity contribution >= 4 is 48.5 Å². The van der Waals surface area contributed by atoms with Gasteiger partial charge in [-0.2, -0.15) is 0 Å². The molecule has 0 aliphatic rings. The first kappa shape index (κ1) is 54.9. The molecule has 322 valence electrons. The maximum Gasteiger partial charge on any atom is 1.00 e. The number of thiazole rings is 2. The van der Waals surface area contributed by atoms with E-state index in [-0.39, 0.29) is 103 Å². The third-order valence-corrected chi connectivity index (χ3v) is 11.6. The topological polar surface area (TPSA) is 207 Å². The number of urea groups is 1. The van der Waals surface area contributed by atoms with Crippen molar-refractivity contribution in [3.63, 3.8) is 0 Å². The Kier molecular flexibility index (Phi) is 24.5. The summed E-state index contributed by atoms with van der Waals surface area (Å²) in [5.74, 6) is -1.15. The smallest absolute Gasteiger partial charge is 0.790 e. The summed E-state index contributed by atoms with van der Waals surface area (Å²) in [7, 11) is -3.90. The molecule has 0 fully saturated rings. The number of hydrogen-bond donors (Lipinski definition) is 3. The minimum absolute atomic E-state index is 0. The molecule has 0 saturated heterocycles. The van der Waals surface area contributed by atoms with Gasteiger partial charge in [0.15, 0.2) is 6.29 Å². The van der Waals surface area contributed by atoms with Crippen LogP contribution < -0.4 is 84.9 Å². The molecule has 0 spiro atoms. The molecule has 4 rings (SSSR count). The number of aromatic nitrogens is 2. The summed E-state index contributed by atoms with van der Waals surface area (Å²) in [5.41, 5.74) is 4.04. The Morgan fingerprint density at radius 3 is 2.00 bits per heavy atom. The largest absolute Gasteiger partial charge is 1.00 e. The van der Waals surface area contributed by atoms with Crippen molar-refractivity contribution in [1.29, 1.82) is 0 Å². The fourth-order valence-electron chi connectivity index (χ4n) is 6.12. The van der Waals surface area contributed by atoms with E-state index in [4.69, 9.17) is 14.0 Å². The van der Waals surface area contributed by atoms with E-state index in [1.807, 2.05) is 79.9 Å². The molecule has 61 heavy (non-hydrogen) atoms. The zero-order valence-corrected chi connectivity index (χ0v) is 43.0. The molecule has 2 heterocycles. The Balaban J connectivity index is 0.00000641. The number of alkyl carbamates (subject to hydrolysis) is 1. The molecule has 0 bridgehead atoms. The Morgan fingerprint density at radius 2 is 1.48 bits per heavy atom. The van der Waals surface area contributed by atoms with Crippen LogP contribution in [0, 0.1) is 11.8 Å². The van der Waals surface area contributed by atoms with Crippen molar-refractivity contribution in [2.75, 3.05) is 7.05 Å². The van der Waals surface area contributed by atoms with Crippen molar-refractivity contribution < 1.29 is 102 Å². The molecule has 4 amide bonds. The van der Waals surface area contributed by atoms with E-state index < -0.39 is 62.3 Å². The van der Waals surface area contributed by atoms with Gasteiger partial charge >= 0.3 is 71.2 Å². The second-order valence-corrected chi connectivity index (χ2v) is 18.3. The van der Waals surface area contributed by atoms with Gasteiger partial charge in [-0.05, 0) is 36.3 Å². The number of hydrogen-bond acceptors (Lipinski definition) is 13. The summed E-state index contributed by atoms with van der Waals surface area (Å²) in [4.78, 5) is 76.0. The summed E-state index contributed by atoms with van der Waals surface area (Å²) in [6, 6.07) is 15.6. The van der Waals surface area contributed by atoms with E-state index >= 15 is 0 Å². The van der Waals surface area contributed by atoms with E-state index in [2.05, 4.69) is 39.8 Å². The van der Waals surface area contributed by atoms with Gasteiger partial charge in [0.2, 0.25) is 5.91 Å². The van der Waals surface area contributed by atoms with Crippen molar-refractivity contribution in [2.24, 2.45) is 11.8 Å². The molecule has 0 aliphatic heterocycles. The first-order valence-corrected chi connectivity index (χ1v) is 22.7. The third kappa shape index (κ3) is 19.6. The first-order chi connectivity index (χ1) is 28.0. The Labute approximate surface area is 411 Å². The van der Waals surface area contributed by atoms with Gasteiger partial charge in [0.25, 0.3) is 0 Å². The molecule has 2 aromatic carbocycles. The number of nitrogens with one attached hydrogen (secondary N) is 3. The number of rotatable bonds is 22. The quantitative estimate of drug-likeness (QED) is 0.0533. The van der Waals surface area contributed by atoms with Crippen molar-refractivity contribution in [1.82, 2.24) is 30.8 Å². The van der Waals surface area contributed by atoms with Crippen LogP contribution in [-0.2, 0) is 49.4 Å². The van der Waals surface area contributed by atoms with Gasteiger partial charge in [-0.3, -0.25) is 9.78 Å². The minimum atomic E-state index is -5.54. The van der Waals surface area contributed by atoms with Crippen molar-refractivity contribution in [3.05, 3.63) is 104 Å². The Hall–Kier alpha value is -2.22. The van der Waals surface area contributed by atoms with E-state index in [9.17, 15) is 28.7 Å². The van der Waals surface area contributed by atoms with Crippen LogP contribution in [0.3, 0.4) is 0 Å². The minimum Gasteiger partial charge on any atom is -0.790 e. The van der Waals surface area contributed by atoms with Crippen LogP contribution in [0.2, 0.25) is 0 Å². The Morgan fingerprint density at radius 1 is 0.852 bits per heavy atom. The molecular weight excluding hydrogens is 862 g/mol. The van der Waals surface area contributed by atoms with Crippen LogP contribution in [0.1, 0.15) is 80.6 Å². The Bertz CT molecular complexity index is 1940. The van der Waals surface area contributed by atoms with Crippen LogP contribution >= 0.6 is 30.5 Å². The van der Waals surface area contributed by atoms with E-state index in [1.165, 1.54) is 27.6 Å². The van der Waals surface area contributed by atoms with Gasteiger partial charge in [-0.25, -0.2) is 14.6 Å². The second kappa shape index (κ2) is 27.2. The summed E-state index contributed by atoms with van der Waals surface area (Å²) in [6.07, 6.45) is -1.30. The maximum atomic E-state index is 14.3.